The third-order valence-electron chi connectivity index (χ3n) is 11.6. The van der Waals surface area contributed by atoms with Gasteiger partial charge in [-0.3, -0.25) is 24.2 Å². The molecule has 13 nitrogen and oxygen atoms in total. The third kappa shape index (κ3) is 12.4. The van der Waals surface area contributed by atoms with Crippen molar-refractivity contribution in [3.05, 3.63) is 29.8 Å². The summed E-state index contributed by atoms with van der Waals surface area (Å²) in [5.74, 6) is -0.697. The second-order valence-corrected chi connectivity index (χ2v) is 18.3. The molecule has 2 bridgehead atoms. The molecule has 1 fully saturated rings. The van der Waals surface area contributed by atoms with Crippen LogP contribution in [0.25, 0.3) is 0 Å². The average molecular weight is 802 g/mol. The molecule has 1 aromatic carbocycles. The van der Waals surface area contributed by atoms with Crippen LogP contribution in [0.5, 0.6) is 5.75 Å². The van der Waals surface area contributed by atoms with Gasteiger partial charge in [-0.05, 0) is 74.0 Å². The Balaban J connectivity index is 1.63. The van der Waals surface area contributed by atoms with Gasteiger partial charge in [0.25, 0.3) is 0 Å². The summed E-state index contributed by atoms with van der Waals surface area (Å²) in [6, 6.07) is 3.60. The van der Waals surface area contributed by atoms with Gasteiger partial charge in [0.2, 0.25) is 23.6 Å². The van der Waals surface area contributed by atoms with Crippen LogP contribution in [0.2, 0.25) is 0 Å². The van der Waals surface area contributed by atoms with Crippen molar-refractivity contribution < 1.29 is 38.9 Å². The van der Waals surface area contributed by atoms with Gasteiger partial charge < -0.3 is 40.5 Å². The van der Waals surface area contributed by atoms with E-state index in [9.17, 15) is 29.4 Å². The van der Waals surface area contributed by atoms with Gasteiger partial charge in [-0.15, -0.1) is 11.8 Å². The average Bonchev–Trinajstić information content (AvgIpc) is 3.85. The summed E-state index contributed by atoms with van der Waals surface area (Å²) in [7, 11) is 1.57. The number of hydrogen-bond acceptors (Lipinski definition) is 10. The van der Waals surface area contributed by atoms with Gasteiger partial charge in [-0.2, -0.15) is 0 Å². The van der Waals surface area contributed by atoms with Crippen LogP contribution in [0.15, 0.2) is 29.3 Å². The zero-order valence-corrected chi connectivity index (χ0v) is 35.7. The number of thioether (sulfide) groups is 1. The maximum atomic E-state index is 14.3. The lowest BCUT2D eigenvalue weighted by atomic mass is 9.81. The van der Waals surface area contributed by atoms with E-state index in [0.29, 0.717) is 56.6 Å². The first-order valence-corrected chi connectivity index (χ1v) is 21.5. The lowest BCUT2D eigenvalue weighted by Crippen LogP contribution is -2.59. The highest BCUT2D eigenvalue weighted by atomic mass is 32.2. The van der Waals surface area contributed by atoms with E-state index in [-0.39, 0.29) is 60.0 Å². The maximum Gasteiger partial charge on any atom is 0.245 e. The number of hydrogen-bond donors (Lipinski definition) is 5. The molecule has 14 heteroatoms. The molecule has 3 aliphatic heterocycles. The minimum atomic E-state index is -1.25. The smallest absolute Gasteiger partial charge is 0.245 e. The molecular formula is C42H67N5O8S. The SMILES string of the molecule is CCC(C)C1NC(=O)C(C)NC(=O)C(Cc2ccc(OC)cc2)NC(=O)CCC2CSC(=N2)C(C)C(O)CC(C)CC(C(C)(C)C)OC(O)C2CCCN2C1=O. The zero-order valence-electron chi connectivity index (χ0n) is 34.9. The molecule has 0 aromatic heterocycles. The molecule has 0 radical (unpaired) electrons. The van der Waals surface area contributed by atoms with Gasteiger partial charge in [0.05, 0.1) is 36.4 Å². The Morgan fingerprint density at radius 2 is 1.70 bits per heavy atom. The van der Waals surface area contributed by atoms with Crippen LogP contribution < -0.4 is 20.7 Å². The molecule has 1 saturated heterocycles. The largest absolute Gasteiger partial charge is 0.497 e. The summed E-state index contributed by atoms with van der Waals surface area (Å²) in [6.07, 6.45) is 1.48. The summed E-state index contributed by atoms with van der Waals surface area (Å²) in [4.78, 5) is 61.7. The predicted molar refractivity (Wildman–Crippen MR) is 219 cm³/mol. The Bertz CT molecular complexity index is 1520. The third-order valence-corrected chi connectivity index (χ3v) is 12.9. The molecule has 11 atom stereocenters. The number of rotatable bonds is 5. The second kappa shape index (κ2) is 20.5. The molecule has 3 heterocycles. The Hall–Kier alpha value is -3.20. The predicted octanol–water partition coefficient (Wildman–Crippen LogP) is 4.22. The van der Waals surface area contributed by atoms with Crippen molar-refractivity contribution in [1.29, 1.82) is 0 Å². The molecule has 314 valence electrons. The zero-order chi connectivity index (χ0) is 41.3. The molecule has 5 N–H and O–H groups in total. The number of benzene rings is 1. The minimum absolute atomic E-state index is 0.0559. The van der Waals surface area contributed by atoms with Crippen LogP contribution >= 0.6 is 11.8 Å². The second-order valence-electron chi connectivity index (χ2n) is 17.3. The van der Waals surface area contributed by atoms with Crippen LogP contribution in [0.4, 0.5) is 0 Å². The standard InChI is InChI=1S/C42H67N5O8S/c1-10-25(3)36-40(52)47-19-11-12-32(47)41(53)55-34(42(6,7)8)21-24(2)20-33(48)26(4)39-44-29(23-56-39)15-18-35(49)45-31(38(51)43-27(5)37(50)46-36)22-28-13-16-30(54-9)17-14-28/h13-14,16-17,24-27,29,31-34,36,41,48,53H,10-12,15,18-23H2,1-9H3,(H,43,51)(H,45,49)(H,46,50). The van der Waals surface area contributed by atoms with Crippen LogP contribution in [0, 0.1) is 23.2 Å². The van der Waals surface area contributed by atoms with Crippen molar-refractivity contribution in [2.45, 2.75) is 155 Å². The van der Waals surface area contributed by atoms with E-state index in [4.69, 9.17) is 14.5 Å². The van der Waals surface area contributed by atoms with E-state index >= 15 is 0 Å². The van der Waals surface area contributed by atoms with E-state index < -0.39 is 48.4 Å². The van der Waals surface area contributed by atoms with Gasteiger partial charge in [-0.25, -0.2) is 0 Å². The topological polar surface area (TPSA) is 179 Å². The highest BCUT2D eigenvalue weighted by Crippen LogP contribution is 2.34. The first kappa shape index (κ1) is 45.5. The van der Waals surface area contributed by atoms with Gasteiger partial charge in [0.15, 0.2) is 6.29 Å². The van der Waals surface area contributed by atoms with Crippen LogP contribution in [0.1, 0.15) is 106 Å². The summed E-state index contributed by atoms with van der Waals surface area (Å²) in [5.41, 5.74) is 0.452. The Morgan fingerprint density at radius 3 is 2.34 bits per heavy atom. The summed E-state index contributed by atoms with van der Waals surface area (Å²) in [5, 5.41) is 32.4. The fourth-order valence-electron chi connectivity index (χ4n) is 7.60. The minimum Gasteiger partial charge on any atom is -0.497 e. The van der Waals surface area contributed by atoms with E-state index in [1.165, 1.54) is 0 Å². The quantitative estimate of drug-likeness (QED) is 0.292. The fourth-order valence-corrected chi connectivity index (χ4v) is 8.85. The number of aliphatic hydroxyl groups excluding tert-OH is 2. The van der Waals surface area contributed by atoms with Crippen molar-refractivity contribution in [1.82, 2.24) is 20.9 Å². The highest BCUT2D eigenvalue weighted by Gasteiger charge is 2.42. The summed E-state index contributed by atoms with van der Waals surface area (Å²) >= 11 is 1.61. The number of carbonyl (C=O) groups is 4. The maximum absolute atomic E-state index is 14.3. The number of nitrogens with one attached hydrogen (secondary N) is 3. The van der Waals surface area contributed by atoms with Crippen LogP contribution in [-0.4, -0.2) is 112 Å². The molecular weight excluding hydrogens is 735 g/mol. The molecule has 4 rings (SSSR count). The van der Waals surface area contributed by atoms with Crippen molar-refractivity contribution in [2.75, 3.05) is 19.4 Å². The molecule has 0 aliphatic carbocycles. The van der Waals surface area contributed by atoms with E-state index in [1.807, 2.05) is 32.9 Å². The van der Waals surface area contributed by atoms with Crippen LogP contribution in [-0.2, 0) is 30.3 Å². The lowest BCUT2D eigenvalue weighted by molar-refractivity contribution is -0.197. The van der Waals surface area contributed by atoms with Gasteiger partial charge in [0.1, 0.15) is 23.9 Å². The van der Waals surface area contributed by atoms with E-state index in [0.717, 1.165) is 10.6 Å². The van der Waals surface area contributed by atoms with E-state index in [1.54, 1.807) is 42.8 Å². The number of nitrogens with zero attached hydrogens (tertiary/aromatic N) is 2. The Labute approximate surface area is 337 Å². The molecule has 0 spiro atoms. The number of aliphatic imine (C=N–C) groups is 1. The number of carbonyl (C=O) groups excluding carboxylic acids is 4. The first-order valence-electron chi connectivity index (χ1n) is 20.5. The van der Waals surface area contributed by atoms with Crippen molar-refractivity contribution in [3.63, 3.8) is 0 Å². The summed E-state index contributed by atoms with van der Waals surface area (Å²) < 4.78 is 11.7. The Morgan fingerprint density at radius 1 is 1.00 bits per heavy atom. The highest BCUT2D eigenvalue weighted by molar-refractivity contribution is 8.14. The van der Waals surface area contributed by atoms with Crippen molar-refractivity contribution >= 4 is 40.4 Å². The van der Waals surface area contributed by atoms with Crippen molar-refractivity contribution in [2.24, 2.45) is 28.2 Å². The molecule has 3 aliphatic rings. The molecule has 11 unspecified atom stereocenters. The van der Waals surface area contributed by atoms with Crippen molar-refractivity contribution in [3.8, 4) is 5.75 Å². The van der Waals surface area contributed by atoms with Gasteiger partial charge in [-0.1, -0.05) is 67.0 Å². The molecule has 4 amide bonds. The molecule has 56 heavy (non-hydrogen) atoms. The first-order chi connectivity index (χ1) is 26.4. The lowest BCUT2D eigenvalue weighted by Gasteiger charge is -2.39. The number of fused-ring (bicyclic) bond motifs is 2. The monoisotopic (exact) mass is 801 g/mol. The van der Waals surface area contributed by atoms with Crippen LogP contribution in [0.3, 0.4) is 0 Å². The Kier molecular flexibility index (Phi) is 16.6. The molecule has 0 saturated carbocycles. The number of amides is 4. The summed E-state index contributed by atoms with van der Waals surface area (Å²) in [6.45, 7) is 16.0. The fraction of sp³-hybridized carbons (Fsp3) is 0.738. The normalized spacial score (nSPS) is 32.9. The van der Waals surface area contributed by atoms with Gasteiger partial charge in [0, 0.05) is 31.1 Å². The van der Waals surface area contributed by atoms with E-state index in [2.05, 4.69) is 43.6 Å². The number of methoxy groups -OCH3 is 1. The number of ether oxygens (including phenoxy) is 2. The molecule has 1 aromatic rings. The van der Waals surface area contributed by atoms with Gasteiger partial charge >= 0.3 is 0 Å². The number of aliphatic hydroxyl groups is 2.